The number of hydrogen-bond donors (Lipinski definition) is 0. The maximum absolute atomic E-state index is 12.6. The summed E-state index contributed by atoms with van der Waals surface area (Å²) in [4.78, 5) is 24.8. The molecule has 4 aliphatic rings. The monoisotopic (exact) mass is 422 g/mol. The summed E-state index contributed by atoms with van der Waals surface area (Å²) in [6.45, 7) is 4.93. The second-order valence-electron chi connectivity index (χ2n) is 10.8. The molecule has 0 radical (unpaired) electrons. The van der Waals surface area contributed by atoms with Crippen LogP contribution in [0.3, 0.4) is 0 Å². The summed E-state index contributed by atoms with van der Waals surface area (Å²) < 4.78 is 10.9. The number of Topliss-reactive ketones (excluding diaryl/α,β-unsaturated/α-hetero) is 1. The van der Waals surface area contributed by atoms with Crippen LogP contribution in [0.5, 0.6) is 0 Å². The van der Waals surface area contributed by atoms with Crippen molar-refractivity contribution in [2.24, 2.45) is 34.5 Å². The molecule has 166 valence electrons. The largest absolute Gasteiger partial charge is 0.513 e. The van der Waals surface area contributed by atoms with E-state index in [1.54, 1.807) is 0 Å². The van der Waals surface area contributed by atoms with Gasteiger partial charge in [0, 0.05) is 18.3 Å². The Hall–Kier alpha value is -2.10. The number of rotatable bonds is 3. The van der Waals surface area contributed by atoms with Crippen LogP contribution in [-0.2, 0) is 20.9 Å². The lowest BCUT2D eigenvalue weighted by Gasteiger charge is -2.58. The number of benzene rings is 1. The summed E-state index contributed by atoms with van der Waals surface area (Å²) in [7, 11) is 0. The van der Waals surface area contributed by atoms with Crippen LogP contribution in [0.25, 0.3) is 0 Å². The first-order valence-corrected chi connectivity index (χ1v) is 12.0. The van der Waals surface area contributed by atoms with Crippen molar-refractivity contribution in [3.05, 3.63) is 47.7 Å². The van der Waals surface area contributed by atoms with Gasteiger partial charge in [-0.05, 0) is 79.3 Å². The topological polar surface area (TPSA) is 52.6 Å². The van der Waals surface area contributed by atoms with Gasteiger partial charge in [-0.1, -0.05) is 44.2 Å². The number of ether oxygens (including phenoxy) is 2. The van der Waals surface area contributed by atoms with Crippen LogP contribution in [0.15, 0.2) is 42.2 Å². The zero-order chi connectivity index (χ0) is 21.6. The molecule has 6 atom stereocenters. The van der Waals surface area contributed by atoms with Crippen LogP contribution in [0.1, 0.15) is 70.8 Å². The van der Waals surface area contributed by atoms with Crippen LogP contribution < -0.4 is 0 Å². The van der Waals surface area contributed by atoms with Gasteiger partial charge < -0.3 is 9.47 Å². The van der Waals surface area contributed by atoms with Gasteiger partial charge in [-0.15, -0.1) is 0 Å². The highest BCUT2D eigenvalue weighted by molar-refractivity contribution is 5.87. The molecule has 3 fully saturated rings. The van der Waals surface area contributed by atoms with E-state index in [4.69, 9.17) is 9.47 Å². The first-order chi connectivity index (χ1) is 14.9. The molecule has 1 aromatic rings. The van der Waals surface area contributed by atoms with Crippen molar-refractivity contribution < 1.29 is 19.1 Å². The second kappa shape index (κ2) is 7.79. The summed E-state index contributed by atoms with van der Waals surface area (Å²) in [6, 6.07) is 9.67. The zero-order valence-corrected chi connectivity index (χ0v) is 18.8. The van der Waals surface area contributed by atoms with Crippen LogP contribution in [0.2, 0.25) is 0 Å². The molecule has 0 N–H and O–H groups in total. The molecule has 0 aliphatic heterocycles. The molecule has 0 spiro atoms. The standard InChI is InChI=1S/C27H34O4/c1-26-14-12-20(31-25(29)30-17-18-6-4-3-5-7-18)16-19(26)8-9-21-22-10-11-24(28)27(22,2)15-13-23(21)26/h3-7,12,19,21-23H,8-11,13-17H2,1-2H3/t19?,21-,22-,23-,26-,27-/m0/s1. The molecule has 0 bridgehead atoms. The molecule has 5 rings (SSSR count). The van der Waals surface area contributed by atoms with E-state index in [9.17, 15) is 9.59 Å². The van der Waals surface area contributed by atoms with Crippen molar-refractivity contribution in [3.63, 3.8) is 0 Å². The van der Waals surface area contributed by atoms with Gasteiger partial charge in [-0.25, -0.2) is 4.79 Å². The van der Waals surface area contributed by atoms with Crippen molar-refractivity contribution in [1.82, 2.24) is 0 Å². The van der Waals surface area contributed by atoms with Crippen molar-refractivity contribution in [2.75, 3.05) is 0 Å². The number of carbonyl (C=O) groups is 2. The van der Waals surface area contributed by atoms with Gasteiger partial charge in [0.15, 0.2) is 0 Å². The number of fused-ring (bicyclic) bond motifs is 5. The minimum Gasteiger partial charge on any atom is -0.429 e. The van der Waals surface area contributed by atoms with Gasteiger partial charge in [0.1, 0.15) is 18.1 Å². The fourth-order valence-electron chi connectivity index (χ4n) is 7.56. The molecule has 4 heteroatoms. The van der Waals surface area contributed by atoms with Crippen molar-refractivity contribution >= 4 is 11.9 Å². The fraction of sp³-hybridized carbons (Fsp3) is 0.630. The lowest BCUT2D eigenvalue weighted by Crippen LogP contribution is -2.52. The predicted molar refractivity (Wildman–Crippen MR) is 118 cm³/mol. The maximum Gasteiger partial charge on any atom is 0.513 e. The summed E-state index contributed by atoms with van der Waals surface area (Å²) in [5, 5.41) is 0. The van der Waals surface area contributed by atoms with E-state index in [1.165, 1.54) is 12.8 Å². The Balaban J connectivity index is 1.24. The highest BCUT2D eigenvalue weighted by atomic mass is 16.7. The third-order valence-corrected chi connectivity index (χ3v) is 9.41. The molecular weight excluding hydrogens is 388 g/mol. The van der Waals surface area contributed by atoms with Crippen LogP contribution in [-0.4, -0.2) is 11.9 Å². The summed E-state index contributed by atoms with van der Waals surface area (Å²) >= 11 is 0. The Labute approximate surface area is 185 Å². The first-order valence-electron chi connectivity index (χ1n) is 12.0. The Morgan fingerprint density at radius 1 is 1.06 bits per heavy atom. The van der Waals surface area contributed by atoms with E-state index in [-0.39, 0.29) is 17.4 Å². The van der Waals surface area contributed by atoms with Gasteiger partial charge in [0.25, 0.3) is 0 Å². The third-order valence-electron chi connectivity index (χ3n) is 9.41. The Morgan fingerprint density at radius 2 is 1.87 bits per heavy atom. The number of ketones is 1. The van der Waals surface area contributed by atoms with E-state index in [2.05, 4.69) is 19.9 Å². The van der Waals surface area contributed by atoms with E-state index in [0.29, 0.717) is 29.5 Å². The minimum atomic E-state index is -0.606. The molecule has 1 aromatic carbocycles. The molecule has 1 unspecified atom stereocenters. The normalized spacial score (nSPS) is 39.0. The number of hydrogen-bond acceptors (Lipinski definition) is 4. The molecule has 4 nitrogen and oxygen atoms in total. The highest BCUT2D eigenvalue weighted by Gasteiger charge is 2.59. The maximum atomic E-state index is 12.6. The molecule has 4 aliphatic carbocycles. The molecule has 0 heterocycles. The van der Waals surface area contributed by atoms with Gasteiger partial charge in [0.2, 0.25) is 0 Å². The van der Waals surface area contributed by atoms with Crippen LogP contribution in [0.4, 0.5) is 4.79 Å². The molecule has 0 saturated heterocycles. The van der Waals surface area contributed by atoms with Gasteiger partial charge in [-0.2, -0.15) is 0 Å². The minimum absolute atomic E-state index is 0.0638. The Bertz CT molecular complexity index is 890. The predicted octanol–water partition coefficient (Wildman–Crippen LogP) is 6.45. The van der Waals surface area contributed by atoms with Crippen LogP contribution in [0, 0.1) is 34.5 Å². The molecule has 3 saturated carbocycles. The lowest BCUT2D eigenvalue weighted by molar-refractivity contribution is -0.136. The van der Waals surface area contributed by atoms with Crippen molar-refractivity contribution in [2.45, 2.75) is 71.8 Å². The zero-order valence-electron chi connectivity index (χ0n) is 18.8. The summed E-state index contributed by atoms with van der Waals surface area (Å²) in [5.41, 5.74) is 1.14. The number of carbonyl (C=O) groups excluding carboxylic acids is 2. The van der Waals surface area contributed by atoms with E-state index < -0.39 is 6.16 Å². The first kappa shape index (κ1) is 20.8. The van der Waals surface area contributed by atoms with E-state index in [0.717, 1.165) is 49.8 Å². The van der Waals surface area contributed by atoms with Gasteiger partial charge in [-0.3, -0.25) is 4.79 Å². The molecule has 0 amide bonds. The lowest BCUT2D eigenvalue weighted by atomic mass is 9.46. The molecular formula is C27H34O4. The average Bonchev–Trinajstić information content (AvgIpc) is 3.08. The molecule has 0 aromatic heterocycles. The second-order valence-corrected chi connectivity index (χ2v) is 10.8. The van der Waals surface area contributed by atoms with Gasteiger partial charge in [0.05, 0.1) is 0 Å². The van der Waals surface area contributed by atoms with Crippen molar-refractivity contribution in [3.8, 4) is 0 Å². The summed E-state index contributed by atoms with van der Waals surface area (Å²) in [5.74, 6) is 3.76. The van der Waals surface area contributed by atoms with E-state index in [1.807, 2.05) is 30.3 Å². The van der Waals surface area contributed by atoms with Gasteiger partial charge >= 0.3 is 6.16 Å². The Kier molecular flexibility index (Phi) is 5.22. The molecule has 31 heavy (non-hydrogen) atoms. The van der Waals surface area contributed by atoms with E-state index >= 15 is 0 Å². The number of allylic oxidation sites excluding steroid dienone is 2. The smallest absolute Gasteiger partial charge is 0.429 e. The van der Waals surface area contributed by atoms with Crippen molar-refractivity contribution in [1.29, 1.82) is 0 Å². The quantitative estimate of drug-likeness (QED) is 0.526. The third kappa shape index (κ3) is 3.52. The summed E-state index contributed by atoms with van der Waals surface area (Å²) in [6.07, 6.45) is 9.78. The van der Waals surface area contributed by atoms with Crippen LogP contribution >= 0.6 is 0 Å². The highest BCUT2D eigenvalue weighted by Crippen LogP contribution is 2.65. The Morgan fingerprint density at radius 3 is 2.68 bits per heavy atom. The fourth-order valence-corrected chi connectivity index (χ4v) is 7.56. The average molecular weight is 423 g/mol. The SMILES string of the molecule is C[C@]12CC=C(OC(=O)OCc3ccccc3)CC1CC[C@@H]1[C@@H]2CC[C@]2(C)C(=O)CC[C@@H]12.